The van der Waals surface area contributed by atoms with Crippen LogP contribution in [0.2, 0.25) is 0 Å². The van der Waals surface area contributed by atoms with E-state index in [0.717, 1.165) is 28.8 Å². The van der Waals surface area contributed by atoms with Crippen molar-refractivity contribution in [3.63, 3.8) is 0 Å². The number of rotatable bonds is 4. The summed E-state index contributed by atoms with van der Waals surface area (Å²) in [6, 6.07) is 6.36. The summed E-state index contributed by atoms with van der Waals surface area (Å²) < 4.78 is 0.963. The van der Waals surface area contributed by atoms with Crippen LogP contribution >= 0.6 is 15.9 Å². The summed E-state index contributed by atoms with van der Waals surface area (Å²) in [6.45, 7) is 7.01. The largest absolute Gasteiger partial charge is 0.337 e. The molecule has 1 heterocycles. The summed E-state index contributed by atoms with van der Waals surface area (Å²) >= 11 is 3.42. The molecule has 1 aromatic carbocycles. The number of likely N-dealkylation sites (tertiary alicyclic amines) is 1. The van der Waals surface area contributed by atoms with E-state index in [9.17, 15) is 4.79 Å². The van der Waals surface area contributed by atoms with E-state index >= 15 is 0 Å². The molecule has 1 aliphatic rings. The van der Waals surface area contributed by atoms with Gasteiger partial charge in [0.2, 0.25) is 0 Å². The molecule has 2 rings (SSSR count). The zero-order valence-electron chi connectivity index (χ0n) is 12.8. The van der Waals surface area contributed by atoms with E-state index in [0.29, 0.717) is 12.6 Å². The van der Waals surface area contributed by atoms with Gasteiger partial charge >= 0.3 is 6.03 Å². The van der Waals surface area contributed by atoms with E-state index in [1.165, 1.54) is 19.3 Å². The minimum Gasteiger partial charge on any atom is -0.337 e. The second-order valence-electron chi connectivity index (χ2n) is 5.72. The highest BCUT2D eigenvalue weighted by molar-refractivity contribution is 9.10. The van der Waals surface area contributed by atoms with Gasteiger partial charge in [-0.2, -0.15) is 0 Å². The smallest absolute Gasteiger partial charge is 0.319 e. The number of urea groups is 1. The molecule has 1 unspecified atom stereocenters. The lowest BCUT2D eigenvalue weighted by atomic mass is 10.0. The molecule has 0 saturated carbocycles. The molecular weight excluding hydrogens is 330 g/mol. The summed E-state index contributed by atoms with van der Waals surface area (Å²) in [5.74, 6) is 0. The number of piperidine rings is 1. The summed E-state index contributed by atoms with van der Waals surface area (Å²) in [7, 11) is 0. The van der Waals surface area contributed by atoms with Crippen molar-refractivity contribution >= 4 is 27.6 Å². The maximum absolute atomic E-state index is 11.9. The molecule has 116 valence electrons. The molecule has 0 bridgehead atoms. The third-order valence-electron chi connectivity index (χ3n) is 4.07. The lowest BCUT2D eigenvalue weighted by molar-refractivity contribution is 0.162. The van der Waals surface area contributed by atoms with Gasteiger partial charge in [0.1, 0.15) is 0 Å². The minimum atomic E-state index is -0.138. The van der Waals surface area contributed by atoms with Crippen LogP contribution in [0.1, 0.15) is 31.7 Å². The number of nitrogens with zero attached hydrogens (tertiary/aromatic N) is 1. The van der Waals surface area contributed by atoms with Gasteiger partial charge in [0.05, 0.1) is 0 Å². The fraction of sp³-hybridized carbons (Fsp3) is 0.562. The predicted molar refractivity (Wildman–Crippen MR) is 90.8 cm³/mol. The molecular formula is C16H24BrN3O. The molecule has 1 aliphatic heterocycles. The van der Waals surface area contributed by atoms with Crippen LogP contribution in [0.25, 0.3) is 0 Å². The molecule has 2 amide bonds. The van der Waals surface area contributed by atoms with Crippen molar-refractivity contribution in [3.8, 4) is 0 Å². The average Bonchev–Trinajstić information content (AvgIpc) is 2.45. The van der Waals surface area contributed by atoms with Crippen LogP contribution in [-0.2, 0) is 0 Å². The Balaban J connectivity index is 1.75. The number of aryl methyl sites for hydroxylation is 1. The second kappa shape index (κ2) is 7.80. The summed E-state index contributed by atoms with van der Waals surface area (Å²) in [5, 5.41) is 5.84. The number of carbonyl (C=O) groups is 1. The van der Waals surface area contributed by atoms with Crippen LogP contribution in [0.4, 0.5) is 10.5 Å². The molecule has 1 aromatic rings. The topological polar surface area (TPSA) is 44.4 Å². The quantitative estimate of drug-likeness (QED) is 0.865. The third kappa shape index (κ3) is 5.00. The highest BCUT2D eigenvalue weighted by atomic mass is 79.9. The summed E-state index contributed by atoms with van der Waals surface area (Å²) in [6.07, 6.45) is 3.87. The van der Waals surface area contributed by atoms with Gasteiger partial charge < -0.3 is 10.6 Å². The zero-order chi connectivity index (χ0) is 15.2. The Morgan fingerprint density at radius 3 is 3.00 bits per heavy atom. The summed E-state index contributed by atoms with van der Waals surface area (Å²) in [4.78, 5) is 14.4. The third-order valence-corrected chi connectivity index (χ3v) is 4.57. The Kier molecular flexibility index (Phi) is 6.06. The maximum atomic E-state index is 11.9. The Morgan fingerprint density at radius 1 is 1.43 bits per heavy atom. The molecule has 0 aromatic heterocycles. The fourth-order valence-electron chi connectivity index (χ4n) is 2.70. The Labute approximate surface area is 135 Å². The van der Waals surface area contributed by atoms with Crippen LogP contribution in [0.15, 0.2) is 22.7 Å². The van der Waals surface area contributed by atoms with Crippen molar-refractivity contribution in [1.82, 2.24) is 10.2 Å². The van der Waals surface area contributed by atoms with Crippen molar-refractivity contribution in [2.24, 2.45) is 0 Å². The molecule has 5 heteroatoms. The predicted octanol–water partition coefficient (Wildman–Crippen LogP) is 3.75. The van der Waals surface area contributed by atoms with Gasteiger partial charge in [-0.25, -0.2) is 4.79 Å². The lowest BCUT2D eigenvalue weighted by Crippen LogP contribution is -2.43. The molecule has 0 radical (unpaired) electrons. The molecule has 1 fully saturated rings. The first-order valence-corrected chi connectivity index (χ1v) is 8.40. The zero-order valence-corrected chi connectivity index (χ0v) is 14.4. The fourth-order valence-corrected chi connectivity index (χ4v) is 3.06. The molecule has 2 N–H and O–H groups in total. The van der Waals surface area contributed by atoms with Crippen molar-refractivity contribution in [2.75, 3.05) is 25.0 Å². The number of hydrogen-bond donors (Lipinski definition) is 2. The minimum absolute atomic E-state index is 0.138. The highest BCUT2D eigenvalue weighted by Crippen LogP contribution is 2.20. The number of benzene rings is 1. The molecule has 0 spiro atoms. The van der Waals surface area contributed by atoms with Crippen molar-refractivity contribution in [1.29, 1.82) is 0 Å². The first-order chi connectivity index (χ1) is 10.1. The van der Waals surface area contributed by atoms with Crippen LogP contribution < -0.4 is 10.6 Å². The molecule has 4 nitrogen and oxygen atoms in total. The van der Waals surface area contributed by atoms with Crippen molar-refractivity contribution < 1.29 is 4.79 Å². The van der Waals surface area contributed by atoms with Crippen LogP contribution in [0.5, 0.6) is 0 Å². The van der Waals surface area contributed by atoms with E-state index in [1.54, 1.807) is 0 Å². The standard InChI is InChI=1S/C16H24BrN3O/c1-12-6-7-14(17)11-15(12)19-16(21)18-8-10-20-9-4-3-5-13(20)2/h6-7,11,13H,3-5,8-10H2,1-2H3,(H2,18,19,21). The molecule has 1 saturated heterocycles. The van der Waals surface area contributed by atoms with Gasteiger partial charge in [0.15, 0.2) is 0 Å². The Hall–Kier alpha value is -1.07. The van der Waals surface area contributed by atoms with Gasteiger partial charge in [0.25, 0.3) is 0 Å². The number of carbonyl (C=O) groups excluding carboxylic acids is 1. The molecule has 0 aliphatic carbocycles. The van der Waals surface area contributed by atoms with E-state index in [2.05, 4.69) is 38.4 Å². The van der Waals surface area contributed by atoms with Gasteiger partial charge in [0, 0.05) is 29.3 Å². The number of hydrogen-bond acceptors (Lipinski definition) is 2. The van der Waals surface area contributed by atoms with Gasteiger partial charge in [-0.3, -0.25) is 4.90 Å². The van der Waals surface area contributed by atoms with Crippen LogP contribution in [0.3, 0.4) is 0 Å². The Bertz CT molecular complexity index is 492. The normalized spacial score (nSPS) is 19.3. The average molecular weight is 354 g/mol. The van der Waals surface area contributed by atoms with Crippen molar-refractivity contribution in [2.45, 2.75) is 39.2 Å². The highest BCUT2D eigenvalue weighted by Gasteiger charge is 2.17. The van der Waals surface area contributed by atoms with E-state index < -0.39 is 0 Å². The van der Waals surface area contributed by atoms with Gasteiger partial charge in [-0.05, 0) is 50.9 Å². The first-order valence-electron chi connectivity index (χ1n) is 7.61. The molecule has 21 heavy (non-hydrogen) atoms. The number of nitrogens with one attached hydrogen (secondary N) is 2. The first kappa shape index (κ1) is 16.3. The second-order valence-corrected chi connectivity index (χ2v) is 6.64. The van der Waals surface area contributed by atoms with E-state index in [4.69, 9.17) is 0 Å². The van der Waals surface area contributed by atoms with E-state index in [1.807, 2.05) is 25.1 Å². The maximum Gasteiger partial charge on any atom is 0.319 e. The number of amides is 2. The Morgan fingerprint density at radius 2 is 2.24 bits per heavy atom. The van der Waals surface area contributed by atoms with Crippen molar-refractivity contribution in [3.05, 3.63) is 28.2 Å². The SMILES string of the molecule is Cc1ccc(Br)cc1NC(=O)NCCN1CCCCC1C. The van der Waals surface area contributed by atoms with E-state index in [-0.39, 0.29) is 6.03 Å². The number of halogens is 1. The monoisotopic (exact) mass is 353 g/mol. The van der Waals surface area contributed by atoms with Gasteiger partial charge in [-0.1, -0.05) is 28.4 Å². The summed E-state index contributed by atoms with van der Waals surface area (Å²) in [5.41, 5.74) is 1.89. The number of anilines is 1. The van der Waals surface area contributed by atoms with Gasteiger partial charge in [-0.15, -0.1) is 0 Å². The lowest BCUT2D eigenvalue weighted by Gasteiger charge is -2.33. The van der Waals surface area contributed by atoms with Crippen LogP contribution in [-0.4, -0.2) is 36.6 Å². The molecule has 1 atom stereocenters. The van der Waals surface area contributed by atoms with Crippen LogP contribution in [0, 0.1) is 6.92 Å².